The van der Waals surface area contributed by atoms with Gasteiger partial charge in [-0.05, 0) is 47.7 Å². The Bertz CT molecular complexity index is 337. The summed E-state index contributed by atoms with van der Waals surface area (Å²) < 4.78 is 0. The van der Waals surface area contributed by atoms with Gasteiger partial charge in [0.15, 0.2) is 0 Å². The number of carbonyl (C=O) groups excluding carboxylic acids is 1. The normalized spacial score (nSPS) is 25.3. The number of nitrogens with one attached hydrogen (secondary N) is 2. The second-order valence-corrected chi connectivity index (χ2v) is 5.27. The van der Waals surface area contributed by atoms with Crippen molar-refractivity contribution in [2.45, 2.75) is 32.4 Å². The molecule has 4 heteroatoms. The third-order valence-corrected chi connectivity index (χ3v) is 3.76. The smallest absolute Gasteiger partial charge is 0.237 e. The number of hydrogen-bond donors (Lipinski definition) is 2. The molecule has 88 valence electrons. The van der Waals surface area contributed by atoms with E-state index in [2.05, 4.69) is 22.9 Å². The number of carbonyl (C=O) groups is 1. The summed E-state index contributed by atoms with van der Waals surface area (Å²) in [5.41, 5.74) is 1.18. The molecule has 2 rings (SSSR count). The minimum atomic E-state index is 0.00221. The molecule has 2 heterocycles. The Morgan fingerprint density at radius 1 is 1.69 bits per heavy atom. The molecule has 1 amide bonds. The first-order valence-electron chi connectivity index (χ1n) is 5.78. The summed E-state index contributed by atoms with van der Waals surface area (Å²) in [6.45, 7) is 3.81. The molecule has 1 aliphatic heterocycles. The van der Waals surface area contributed by atoms with Gasteiger partial charge in [-0.25, -0.2) is 0 Å². The van der Waals surface area contributed by atoms with Crippen molar-refractivity contribution < 1.29 is 4.79 Å². The van der Waals surface area contributed by atoms with E-state index < -0.39 is 0 Å². The van der Waals surface area contributed by atoms with E-state index in [1.54, 1.807) is 11.3 Å². The van der Waals surface area contributed by atoms with Crippen molar-refractivity contribution in [3.8, 4) is 0 Å². The van der Waals surface area contributed by atoms with Crippen LogP contribution >= 0.6 is 11.3 Å². The van der Waals surface area contributed by atoms with Crippen molar-refractivity contribution >= 4 is 17.2 Å². The molecule has 3 nitrogen and oxygen atoms in total. The number of piperidine rings is 1. The van der Waals surface area contributed by atoms with Crippen molar-refractivity contribution in [2.24, 2.45) is 5.92 Å². The summed E-state index contributed by atoms with van der Waals surface area (Å²) in [5.74, 6) is 0.788. The lowest BCUT2D eigenvalue weighted by Crippen LogP contribution is -2.48. The molecule has 0 radical (unpaired) electrons. The second-order valence-electron chi connectivity index (χ2n) is 4.49. The largest absolute Gasteiger partial charge is 0.351 e. The summed E-state index contributed by atoms with van der Waals surface area (Å²) in [7, 11) is 0. The summed E-state index contributed by atoms with van der Waals surface area (Å²) >= 11 is 1.66. The van der Waals surface area contributed by atoms with Gasteiger partial charge in [0.2, 0.25) is 5.91 Å². The first-order valence-corrected chi connectivity index (χ1v) is 6.72. The summed E-state index contributed by atoms with van der Waals surface area (Å²) in [5, 5.41) is 10.3. The molecule has 0 saturated carbocycles. The topological polar surface area (TPSA) is 41.1 Å². The van der Waals surface area contributed by atoms with E-state index in [1.807, 2.05) is 11.4 Å². The molecular weight excluding hydrogens is 220 g/mol. The van der Waals surface area contributed by atoms with E-state index in [9.17, 15) is 4.79 Å². The Morgan fingerprint density at radius 3 is 3.25 bits per heavy atom. The molecular formula is C12H18N2OS. The molecule has 16 heavy (non-hydrogen) atoms. The molecule has 0 aliphatic carbocycles. The van der Waals surface area contributed by atoms with E-state index in [1.165, 1.54) is 12.0 Å². The van der Waals surface area contributed by atoms with Gasteiger partial charge in [-0.1, -0.05) is 6.92 Å². The van der Waals surface area contributed by atoms with Crippen LogP contribution in [0.3, 0.4) is 0 Å². The number of thiophene rings is 1. The fourth-order valence-electron chi connectivity index (χ4n) is 2.01. The van der Waals surface area contributed by atoms with Crippen LogP contribution in [-0.2, 0) is 11.3 Å². The average Bonchev–Trinajstić information content (AvgIpc) is 2.78. The lowest BCUT2D eigenvalue weighted by Gasteiger charge is -2.27. The molecule has 2 atom stereocenters. The van der Waals surface area contributed by atoms with Crippen molar-refractivity contribution in [1.29, 1.82) is 0 Å². The highest BCUT2D eigenvalue weighted by Crippen LogP contribution is 2.15. The highest BCUT2D eigenvalue weighted by molar-refractivity contribution is 7.07. The van der Waals surface area contributed by atoms with Gasteiger partial charge >= 0.3 is 0 Å². The van der Waals surface area contributed by atoms with Crippen LogP contribution in [0.5, 0.6) is 0 Å². The molecule has 0 spiro atoms. The Morgan fingerprint density at radius 2 is 2.56 bits per heavy atom. The average molecular weight is 238 g/mol. The van der Waals surface area contributed by atoms with Gasteiger partial charge < -0.3 is 10.6 Å². The van der Waals surface area contributed by atoms with Gasteiger partial charge in [-0.3, -0.25) is 4.79 Å². The van der Waals surface area contributed by atoms with Crippen molar-refractivity contribution in [2.75, 3.05) is 6.54 Å². The number of amides is 1. The van der Waals surface area contributed by atoms with Crippen LogP contribution in [0.2, 0.25) is 0 Å². The quantitative estimate of drug-likeness (QED) is 0.842. The molecule has 1 fully saturated rings. The van der Waals surface area contributed by atoms with Gasteiger partial charge in [-0.2, -0.15) is 11.3 Å². The van der Waals surface area contributed by atoms with Crippen LogP contribution in [0.4, 0.5) is 0 Å². The summed E-state index contributed by atoms with van der Waals surface area (Å²) in [6.07, 6.45) is 2.13. The SMILES string of the molecule is CC1CCNC(C(=O)NCc2ccsc2)C1. The van der Waals surface area contributed by atoms with E-state index in [-0.39, 0.29) is 11.9 Å². The molecule has 0 aromatic carbocycles. The summed E-state index contributed by atoms with van der Waals surface area (Å²) in [4.78, 5) is 11.9. The standard InChI is InChI=1S/C12H18N2OS/c1-9-2-4-13-11(6-9)12(15)14-7-10-3-5-16-8-10/h3,5,8-9,11,13H,2,4,6-7H2,1H3,(H,14,15). The predicted octanol–water partition coefficient (Wildman–Crippen LogP) is 1.75. The van der Waals surface area contributed by atoms with Crippen LogP contribution in [0.15, 0.2) is 16.8 Å². The minimum absolute atomic E-state index is 0.00221. The van der Waals surface area contributed by atoms with Gasteiger partial charge in [-0.15, -0.1) is 0 Å². The number of hydrogen-bond acceptors (Lipinski definition) is 3. The molecule has 0 bridgehead atoms. The molecule has 1 aliphatic rings. The molecule has 1 aromatic rings. The van der Waals surface area contributed by atoms with Gasteiger partial charge in [0.1, 0.15) is 0 Å². The highest BCUT2D eigenvalue weighted by atomic mass is 32.1. The van der Waals surface area contributed by atoms with Crippen molar-refractivity contribution in [3.63, 3.8) is 0 Å². The molecule has 2 N–H and O–H groups in total. The summed E-state index contributed by atoms with van der Waals surface area (Å²) in [6, 6.07) is 2.05. The zero-order chi connectivity index (χ0) is 11.4. The van der Waals surface area contributed by atoms with Gasteiger partial charge in [0, 0.05) is 6.54 Å². The van der Waals surface area contributed by atoms with Crippen LogP contribution in [0.1, 0.15) is 25.3 Å². The first-order chi connectivity index (χ1) is 7.75. The van der Waals surface area contributed by atoms with Gasteiger partial charge in [0.25, 0.3) is 0 Å². The van der Waals surface area contributed by atoms with E-state index in [0.29, 0.717) is 12.5 Å². The Balaban J connectivity index is 1.79. The third kappa shape index (κ3) is 3.06. The fourth-order valence-corrected chi connectivity index (χ4v) is 2.68. The third-order valence-electron chi connectivity index (χ3n) is 3.03. The monoisotopic (exact) mass is 238 g/mol. The maximum atomic E-state index is 11.9. The fraction of sp³-hybridized carbons (Fsp3) is 0.583. The van der Waals surface area contributed by atoms with Crippen LogP contribution < -0.4 is 10.6 Å². The van der Waals surface area contributed by atoms with E-state index in [0.717, 1.165) is 13.0 Å². The zero-order valence-corrected chi connectivity index (χ0v) is 10.3. The van der Waals surface area contributed by atoms with Crippen molar-refractivity contribution in [3.05, 3.63) is 22.4 Å². The van der Waals surface area contributed by atoms with Crippen molar-refractivity contribution in [1.82, 2.24) is 10.6 Å². The minimum Gasteiger partial charge on any atom is -0.351 e. The second kappa shape index (κ2) is 5.46. The maximum absolute atomic E-state index is 11.9. The number of rotatable bonds is 3. The van der Waals surface area contributed by atoms with E-state index in [4.69, 9.17) is 0 Å². The van der Waals surface area contributed by atoms with Crippen LogP contribution in [0.25, 0.3) is 0 Å². The van der Waals surface area contributed by atoms with Crippen LogP contribution in [-0.4, -0.2) is 18.5 Å². The molecule has 1 aromatic heterocycles. The van der Waals surface area contributed by atoms with Crippen LogP contribution in [0, 0.1) is 5.92 Å². The van der Waals surface area contributed by atoms with Gasteiger partial charge in [0.05, 0.1) is 6.04 Å². The predicted molar refractivity (Wildman–Crippen MR) is 66.4 cm³/mol. The highest BCUT2D eigenvalue weighted by Gasteiger charge is 2.23. The zero-order valence-electron chi connectivity index (χ0n) is 9.53. The van der Waals surface area contributed by atoms with E-state index >= 15 is 0 Å². The molecule has 2 unspecified atom stereocenters. The maximum Gasteiger partial charge on any atom is 0.237 e. The Labute approximate surface area is 100 Å². The Hall–Kier alpha value is -0.870. The Kier molecular flexibility index (Phi) is 3.96. The lowest BCUT2D eigenvalue weighted by atomic mass is 9.94. The first kappa shape index (κ1) is 11.6. The lowest BCUT2D eigenvalue weighted by molar-refractivity contribution is -0.124. The molecule has 1 saturated heterocycles.